The lowest BCUT2D eigenvalue weighted by atomic mass is 10.0. The average molecular weight is 386 g/mol. The fourth-order valence-electron chi connectivity index (χ4n) is 2.79. The van der Waals surface area contributed by atoms with Gasteiger partial charge in [-0.05, 0) is 12.1 Å². The Morgan fingerprint density at radius 1 is 1.27 bits per heavy atom. The van der Waals surface area contributed by atoms with Crippen molar-refractivity contribution in [3.8, 4) is 17.7 Å². The van der Waals surface area contributed by atoms with Crippen molar-refractivity contribution in [3.63, 3.8) is 0 Å². The minimum absolute atomic E-state index is 0.181. The van der Waals surface area contributed by atoms with E-state index in [1.165, 1.54) is 6.19 Å². The fraction of sp³-hybridized carbons (Fsp3) is 0.188. The summed E-state index contributed by atoms with van der Waals surface area (Å²) in [4.78, 5) is -0.181. The number of fused-ring (bicyclic) bond motifs is 1. The van der Waals surface area contributed by atoms with Crippen molar-refractivity contribution in [1.82, 2.24) is 0 Å². The first-order valence-electron chi connectivity index (χ1n) is 7.15. The van der Waals surface area contributed by atoms with Gasteiger partial charge in [-0.25, -0.2) is 21.8 Å². The zero-order valence-electron chi connectivity index (χ0n) is 12.8. The Labute approximate surface area is 145 Å². The molecule has 5 nitrogen and oxygen atoms in total. The highest BCUT2D eigenvalue weighted by atomic mass is 32.2. The van der Waals surface area contributed by atoms with Gasteiger partial charge in [0.15, 0.2) is 0 Å². The summed E-state index contributed by atoms with van der Waals surface area (Å²) in [5.41, 5.74) is -1.11. The molecule has 26 heavy (non-hydrogen) atoms. The van der Waals surface area contributed by atoms with Gasteiger partial charge in [0.1, 0.15) is 23.1 Å². The predicted molar refractivity (Wildman–Crippen MR) is 82.1 cm³/mol. The number of nitrogens with zero attached hydrogens (tertiary/aromatic N) is 2. The Hall–Kier alpha value is -2.64. The van der Waals surface area contributed by atoms with E-state index < -0.39 is 51.0 Å². The van der Waals surface area contributed by atoms with E-state index >= 15 is 0 Å². The highest BCUT2D eigenvalue weighted by Crippen LogP contribution is 2.45. The third-order valence-electron chi connectivity index (χ3n) is 3.74. The van der Waals surface area contributed by atoms with Crippen molar-refractivity contribution >= 4 is 9.73 Å². The fourth-order valence-corrected chi connectivity index (χ4v) is 4.74. The van der Waals surface area contributed by atoms with Gasteiger partial charge in [-0.2, -0.15) is 5.26 Å². The van der Waals surface area contributed by atoms with Crippen LogP contribution in [0.5, 0.6) is 11.5 Å². The normalized spacial score (nSPS) is 21.3. The highest BCUT2D eigenvalue weighted by molar-refractivity contribution is 7.94. The van der Waals surface area contributed by atoms with Crippen molar-refractivity contribution in [3.05, 3.63) is 53.1 Å². The highest BCUT2D eigenvalue weighted by Gasteiger charge is 2.38. The molecule has 1 aliphatic heterocycles. The van der Waals surface area contributed by atoms with E-state index in [2.05, 4.69) is 4.36 Å². The van der Waals surface area contributed by atoms with Crippen molar-refractivity contribution < 1.29 is 31.6 Å². The third-order valence-corrected chi connectivity index (χ3v) is 5.93. The lowest BCUT2D eigenvalue weighted by Crippen LogP contribution is -2.03. The van der Waals surface area contributed by atoms with Crippen LogP contribution < -0.4 is 4.74 Å². The van der Waals surface area contributed by atoms with Crippen molar-refractivity contribution in [2.75, 3.05) is 5.75 Å². The van der Waals surface area contributed by atoms with Gasteiger partial charge in [0, 0.05) is 23.8 Å². The maximum Gasteiger partial charge on any atom is 0.267 e. The van der Waals surface area contributed by atoms with E-state index in [0.29, 0.717) is 6.07 Å². The molecule has 0 saturated heterocycles. The maximum absolute atomic E-state index is 13.6. The number of ether oxygens (including phenoxy) is 1. The Morgan fingerprint density at radius 2 is 1.92 bits per heavy atom. The summed E-state index contributed by atoms with van der Waals surface area (Å²) in [6.07, 6.45) is -3.33. The van der Waals surface area contributed by atoms with Crippen LogP contribution in [0.15, 0.2) is 39.6 Å². The lowest BCUT2D eigenvalue weighted by Gasteiger charge is -2.16. The second-order valence-corrected chi connectivity index (χ2v) is 7.65. The van der Waals surface area contributed by atoms with Gasteiger partial charge in [-0.3, -0.25) is 0 Å². The maximum atomic E-state index is 13.6. The number of aliphatic hydroxyl groups is 1. The zero-order valence-corrected chi connectivity index (χ0v) is 13.6. The molecule has 2 atom stereocenters. The Kier molecular flexibility index (Phi) is 4.60. The number of aliphatic hydroxyl groups excluding tert-OH is 1. The molecule has 136 valence electrons. The molecule has 0 amide bonds. The first kappa shape index (κ1) is 18.2. The van der Waals surface area contributed by atoms with E-state index in [-0.39, 0.29) is 16.2 Å². The second-order valence-electron chi connectivity index (χ2n) is 5.41. The lowest BCUT2D eigenvalue weighted by molar-refractivity contribution is 0.137. The molecule has 2 unspecified atom stereocenters. The third kappa shape index (κ3) is 3.11. The summed E-state index contributed by atoms with van der Waals surface area (Å²) in [6.45, 7) is 0. The predicted octanol–water partition coefficient (Wildman–Crippen LogP) is 4.05. The van der Waals surface area contributed by atoms with Crippen molar-refractivity contribution in [1.29, 1.82) is 5.26 Å². The van der Waals surface area contributed by atoms with E-state index in [0.717, 1.165) is 24.3 Å². The molecule has 0 saturated carbocycles. The van der Waals surface area contributed by atoms with Crippen LogP contribution in [0.4, 0.5) is 17.6 Å². The molecule has 3 rings (SSSR count). The van der Waals surface area contributed by atoms with E-state index in [1.54, 1.807) is 0 Å². The average Bonchev–Trinajstić information content (AvgIpc) is 2.77. The van der Waals surface area contributed by atoms with Crippen LogP contribution in [0.3, 0.4) is 0 Å². The van der Waals surface area contributed by atoms with Gasteiger partial charge >= 0.3 is 0 Å². The molecule has 1 aliphatic rings. The van der Waals surface area contributed by atoms with Gasteiger partial charge in [0.2, 0.25) is 6.19 Å². The zero-order chi connectivity index (χ0) is 19.1. The summed E-state index contributed by atoms with van der Waals surface area (Å²) < 4.78 is 74.9. The quantitative estimate of drug-likeness (QED) is 0.637. The molecule has 0 bridgehead atoms. The number of hydrogen-bond acceptors (Lipinski definition) is 5. The number of halogens is 4. The van der Waals surface area contributed by atoms with E-state index in [9.17, 15) is 26.9 Å². The molecule has 10 heteroatoms. The van der Waals surface area contributed by atoms with Crippen molar-refractivity contribution in [2.45, 2.75) is 17.4 Å². The summed E-state index contributed by atoms with van der Waals surface area (Å²) in [5.74, 6) is -3.25. The topological polar surface area (TPSA) is 82.7 Å². The molecular formula is C16H10F4N2O3S. The number of benzene rings is 2. The summed E-state index contributed by atoms with van der Waals surface area (Å²) in [5, 5.41) is 18.8. The smallest absolute Gasteiger partial charge is 0.267 e. The summed E-state index contributed by atoms with van der Waals surface area (Å²) >= 11 is 0. The Morgan fingerprint density at radius 3 is 2.50 bits per heavy atom. The SMILES string of the molecule is N#CN=S1(=O)CC(O)c2c1ccc(Oc1cc(F)cc(F)c1)c2C(F)F. The number of hydrogen-bond donors (Lipinski definition) is 1. The van der Waals surface area contributed by atoms with E-state index in [1.807, 2.05) is 0 Å². The summed E-state index contributed by atoms with van der Waals surface area (Å²) in [7, 11) is -3.37. The molecule has 2 aromatic carbocycles. The minimum atomic E-state index is -3.37. The minimum Gasteiger partial charge on any atom is -0.457 e. The van der Waals surface area contributed by atoms with Gasteiger partial charge in [-0.15, -0.1) is 4.36 Å². The van der Waals surface area contributed by atoms with E-state index in [4.69, 9.17) is 10.00 Å². The molecule has 0 fully saturated rings. The van der Waals surface area contributed by atoms with Gasteiger partial charge < -0.3 is 9.84 Å². The van der Waals surface area contributed by atoms with Gasteiger partial charge in [-0.1, -0.05) is 0 Å². The van der Waals surface area contributed by atoms with Crippen LogP contribution in [0.2, 0.25) is 0 Å². The number of alkyl halides is 2. The van der Waals surface area contributed by atoms with Crippen LogP contribution in [0, 0.1) is 23.1 Å². The molecule has 0 spiro atoms. The second kappa shape index (κ2) is 6.59. The molecule has 0 aliphatic carbocycles. The largest absolute Gasteiger partial charge is 0.457 e. The van der Waals surface area contributed by atoms with Gasteiger partial charge in [0.05, 0.1) is 32.0 Å². The molecule has 0 aromatic heterocycles. The number of nitriles is 1. The molecule has 1 heterocycles. The Bertz CT molecular complexity index is 1020. The van der Waals surface area contributed by atoms with Crippen LogP contribution in [-0.4, -0.2) is 15.1 Å². The van der Waals surface area contributed by atoms with Crippen LogP contribution in [-0.2, 0) is 9.73 Å². The standard InChI is InChI=1S/C16H10F4N2O3S/c17-8-3-9(18)5-10(4-8)25-12-1-2-13-14(15(12)16(19)20)11(23)6-26(13,24)22-7-21/h1-5,11,16,23H,6H2. The van der Waals surface area contributed by atoms with Crippen LogP contribution in [0.1, 0.15) is 23.7 Å². The number of rotatable bonds is 3. The molecule has 1 N–H and O–H groups in total. The summed E-state index contributed by atoms with van der Waals surface area (Å²) in [6, 6.07) is 4.37. The monoisotopic (exact) mass is 386 g/mol. The van der Waals surface area contributed by atoms with Crippen molar-refractivity contribution in [2.24, 2.45) is 4.36 Å². The molecular weight excluding hydrogens is 376 g/mol. The molecule has 0 radical (unpaired) electrons. The first-order valence-corrected chi connectivity index (χ1v) is 8.83. The molecule has 2 aromatic rings. The van der Waals surface area contributed by atoms with Crippen LogP contribution in [0.25, 0.3) is 0 Å². The Balaban J connectivity index is 2.18. The van der Waals surface area contributed by atoms with Crippen LogP contribution >= 0.6 is 0 Å². The van der Waals surface area contributed by atoms with Gasteiger partial charge in [0.25, 0.3) is 6.43 Å². The first-order chi connectivity index (χ1) is 12.2.